The van der Waals surface area contributed by atoms with Gasteiger partial charge in [-0.3, -0.25) is 24.0 Å². The second-order valence-electron chi connectivity index (χ2n) is 13.4. The van der Waals surface area contributed by atoms with Gasteiger partial charge in [0.2, 0.25) is 23.6 Å². The van der Waals surface area contributed by atoms with Gasteiger partial charge in [0, 0.05) is 19.5 Å². The van der Waals surface area contributed by atoms with Gasteiger partial charge in [0.15, 0.2) is 11.5 Å². The molecule has 1 heterocycles. The summed E-state index contributed by atoms with van der Waals surface area (Å²) < 4.78 is 16.6. The lowest BCUT2D eigenvalue weighted by molar-refractivity contribution is -0.136. The van der Waals surface area contributed by atoms with Crippen LogP contribution < -0.4 is 40.8 Å². The van der Waals surface area contributed by atoms with Gasteiger partial charge in [0.05, 0.1) is 32.8 Å². The number of para-hydroxylation sites is 1. The number of carbonyl (C=O) groups excluding carboxylic acids is 5. The summed E-state index contributed by atoms with van der Waals surface area (Å²) in [5, 5.41) is 14.4. The third-order valence-corrected chi connectivity index (χ3v) is 9.59. The second kappa shape index (κ2) is 18.8. The molecule has 0 unspecified atom stereocenters. The van der Waals surface area contributed by atoms with E-state index in [0.29, 0.717) is 62.2 Å². The fourth-order valence-electron chi connectivity index (χ4n) is 6.72. The van der Waals surface area contributed by atoms with Gasteiger partial charge in [-0.2, -0.15) is 0 Å². The van der Waals surface area contributed by atoms with Crippen LogP contribution in [0.4, 0.5) is 0 Å². The number of hydrogen-bond donors (Lipinski definition) is 5. The molecule has 3 aromatic carbocycles. The molecule has 13 nitrogen and oxygen atoms in total. The number of rotatable bonds is 9. The predicted molar refractivity (Wildman–Crippen MR) is 198 cm³/mol. The van der Waals surface area contributed by atoms with Crippen molar-refractivity contribution in [1.29, 1.82) is 0 Å². The number of methoxy groups -OCH3 is 2. The van der Waals surface area contributed by atoms with Gasteiger partial charge in [-0.05, 0) is 67.5 Å². The van der Waals surface area contributed by atoms with E-state index >= 15 is 0 Å². The Bertz CT molecular complexity index is 1740. The van der Waals surface area contributed by atoms with Crippen LogP contribution in [-0.4, -0.2) is 81.1 Å². The Morgan fingerprint density at radius 1 is 0.868 bits per heavy atom. The molecule has 13 heteroatoms. The van der Waals surface area contributed by atoms with Crippen molar-refractivity contribution in [3.8, 4) is 17.2 Å². The number of amides is 5. The molecule has 1 fully saturated rings. The number of ether oxygens (including phenoxy) is 3. The van der Waals surface area contributed by atoms with Gasteiger partial charge in [-0.15, -0.1) is 0 Å². The molecule has 0 saturated heterocycles. The summed E-state index contributed by atoms with van der Waals surface area (Å²) in [6, 6.07) is 19.5. The SMILES string of the molecule is COc1ccc(CCCNC(=O)[C@@H]2CC(=O)NC3(CCCC3)C(=O)N[C@@H](Cc3ccccc3)C(=O)NCCCOc3ccccc3C(=O)N2)cc1OC. The molecule has 0 aromatic heterocycles. The molecular formula is C40H49N5O8. The summed E-state index contributed by atoms with van der Waals surface area (Å²) >= 11 is 0. The summed E-state index contributed by atoms with van der Waals surface area (Å²) in [7, 11) is 3.13. The maximum absolute atomic E-state index is 14.0. The average molecular weight is 728 g/mol. The van der Waals surface area contributed by atoms with Crippen LogP contribution in [0.3, 0.4) is 0 Å². The monoisotopic (exact) mass is 727 g/mol. The summed E-state index contributed by atoms with van der Waals surface area (Å²) in [5.74, 6) is -1.01. The number of fused-ring (bicyclic) bond motifs is 1. The van der Waals surface area contributed by atoms with Crippen LogP contribution in [0.1, 0.15) is 66.4 Å². The Morgan fingerprint density at radius 3 is 2.36 bits per heavy atom. The fourth-order valence-corrected chi connectivity index (χ4v) is 6.72. The molecule has 1 spiro atoms. The van der Waals surface area contributed by atoms with Gasteiger partial charge < -0.3 is 40.8 Å². The second-order valence-corrected chi connectivity index (χ2v) is 13.4. The molecule has 1 aliphatic heterocycles. The Hall–Kier alpha value is -5.59. The molecule has 2 aliphatic rings. The Morgan fingerprint density at radius 2 is 1.60 bits per heavy atom. The maximum atomic E-state index is 14.0. The van der Waals surface area contributed by atoms with E-state index in [0.717, 1.165) is 11.1 Å². The highest BCUT2D eigenvalue weighted by Crippen LogP contribution is 2.31. The smallest absolute Gasteiger partial charge is 0.255 e. The zero-order valence-corrected chi connectivity index (χ0v) is 30.3. The van der Waals surface area contributed by atoms with Gasteiger partial charge in [0.1, 0.15) is 23.4 Å². The highest BCUT2D eigenvalue weighted by Gasteiger charge is 2.44. The van der Waals surface area contributed by atoms with Gasteiger partial charge >= 0.3 is 0 Å². The van der Waals surface area contributed by atoms with Gasteiger partial charge in [-0.25, -0.2) is 0 Å². The molecular weight excluding hydrogens is 678 g/mol. The third kappa shape index (κ3) is 10.5. The number of aryl methyl sites for hydroxylation is 1. The lowest BCUT2D eigenvalue weighted by atomic mass is 9.94. The normalized spacial score (nSPS) is 19.6. The molecule has 2 atom stereocenters. The minimum atomic E-state index is -1.28. The van der Waals surface area contributed by atoms with E-state index < -0.39 is 47.7 Å². The Kier molecular flexibility index (Phi) is 13.7. The quantitative estimate of drug-likeness (QED) is 0.209. The topological polar surface area (TPSA) is 173 Å². The van der Waals surface area contributed by atoms with Crippen LogP contribution in [0.15, 0.2) is 72.8 Å². The minimum absolute atomic E-state index is 0.190. The molecule has 0 radical (unpaired) electrons. The van der Waals surface area contributed by atoms with Crippen LogP contribution in [0.25, 0.3) is 0 Å². The van der Waals surface area contributed by atoms with Crippen LogP contribution in [0, 0.1) is 0 Å². The lowest BCUT2D eigenvalue weighted by Gasteiger charge is -2.32. The Balaban J connectivity index is 1.35. The van der Waals surface area contributed by atoms with E-state index in [2.05, 4.69) is 26.6 Å². The van der Waals surface area contributed by atoms with Crippen molar-refractivity contribution in [3.05, 3.63) is 89.5 Å². The van der Waals surface area contributed by atoms with Gasteiger partial charge in [-0.1, -0.05) is 61.4 Å². The van der Waals surface area contributed by atoms with Crippen molar-refractivity contribution in [2.75, 3.05) is 33.9 Å². The first-order chi connectivity index (χ1) is 25.7. The predicted octanol–water partition coefficient (Wildman–Crippen LogP) is 3.00. The molecule has 53 heavy (non-hydrogen) atoms. The molecule has 282 valence electrons. The van der Waals surface area contributed by atoms with Crippen molar-refractivity contribution in [3.63, 3.8) is 0 Å². The van der Waals surface area contributed by atoms with Crippen LogP contribution in [0.5, 0.6) is 17.2 Å². The highest BCUT2D eigenvalue weighted by molar-refractivity contribution is 6.01. The van der Waals surface area contributed by atoms with Crippen LogP contribution in [0.2, 0.25) is 0 Å². The van der Waals surface area contributed by atoms with Crippen molar-refractivity contribution in [2.45, 2.75) is 75.4 Å². The largest absolute Gasteiger partial charge is 0.493 e. The van der Waals surface area contributed by atoms with Crippen LogP contribution in [-0.2, 0) is 32.0 Å². The number of carbonyl (C=O) groups is 5. The third-order valence-electron chi connectivity index (χ3n) is 9.59. The molecule has 5 rings (SSSR count). The average Bonchev–Trinajstić information content (AvgIpc) is 3.65. The number of benzene rings is 3. The zero-order chi connectivity index (χ0) is 37.6. The van der Waals surface area contributed by atoms with E-state index in [9.17, 15) is 24.0 Å². The van der Waals surface area contributed by atoms with Crippen molar-refractivity contribution in [2.24, 2.45) is 0 Å². The first kappa shape index (κ1) is 38.6. The van der Waals surface area contributed by atoms with Crippen LogP contribution >= 0.6 is 0 Å². The molecule has 1 aliphatic carbocycles. The van der Waals surface area contributed by atoms with E-state index in [4.69, 9.17) is 14.2 Å². The summed E-state index contributed by atoms with van der Waals surface area (Å²) in [4.78, 5) is 68.5. The first-order valence-corrected chi connectivity index (χ1v) is 18.2. The van der Waals surface area contributed by atoms with Crippen molar-refractivity contribution >= 4 is 29.5 Å². The highest BCUT2D eigenvalue weighted by atomic mass is 16.5. The summed E-state index contributed by atoms with van der Waals surface area (Å²) in [6.45, 7) is 0.734. The molecule has 1 saturated carbocycles. The lowest BCUT2D eigenvalue weighted by Crippen LogP contribution is -2.62. The van der Waals surface area contributed by atoms with Gasteiger partial charge in [0.25, 0.3) is 5.91 Å². The Labute approximate surface area is 309 Å². The molecule has 3 aromatic rings. The standard InChI is InChI=1S/C40H49N5O8/c1-51-33-18-17-28(25-34(33)52-2)14-10-21-41-38(49)31-26-35(46)45-40(19-8-9-20-40)39(50)44-30(24-27-12-4-3-5-13-27)37(48)42-22-11-23-53-32-16-7-6-15-29(32)36(47)43-31/h3-7,12-13,15-18,25,30-31H,8-11,14,19-24,26H2,1-2H3,(H,41,49)(H,42,48)(H,43,47)(H,44,50)(H,45,46)/t30-,31-/m0/s1. The van der Waals surface area contributed by atoms with E-state index in [-0.39, 0.29) is 37.6 Å². The van der Waals surface area contributed by atoms with E-state index in [1.54, 1.807) is 38.5 Å². The zero-order valence-electron chi connectivity index (χ0n) is 30.3. The number of hydrogen-bond acceptors (Lipinski definition) is 8. The minimum Gasteiger partial charge on any atom is -0.493 e. The van der Waals surface area contributed by atoms with Crippen molar-refractivity contribution in [1.82, 2.24) is 26.6 Å². The maximum Gasteiger partial charge on any atom is 0.255 e. The fraction of sp³-hybridized carbons (Fsp3) is 0.425. The summed E-state index contributed by atoms with van der Waals surface area (Å²) in [5.41, 5.74) is 0.774. The molecule has 5 N–H and O–H groups in total. The van der Waals surface area contributed by atoms with E-state index in [1.807, 2.05) is 48.5 Å². The summed E-state index contributed by atoms with van der Waals surface area (Å²) in [6.07, 6.45) is 3.60. The first-order valence-electron chi connectivity index (χ1n) is 18.2. The number of nitrogens with one attached hydrogen (secondary N) is 5. The molecule has 0 bridgehead atoms. The van der Waals surface area contributed by atoms with E-state index in [1.165, 1.54) is 0 Å². The molecule has 5 amide bonds. The van der Waals surface area contributed by atoms with Crippen molar-refractivity contribution < 1.29 is 38.2 Å².